The highest BCUT2D eigenvalue weighted by Gasteiger charge is 2.19. The van der Waals surface area contributed by atoms with Gasteiger partial charge in [0.1, 0.15) is 5.58 Å². The van der Waals surface area contributed by atoms with Crippen molar-refractivity contribution in [2.75, 3.05) is 10.2 Å². The summed E-state index contributed by atoms with van der Waals surface area (Å²) in [5.41, 5.74) is 6.98. The van der Waals surface area contributed by atoms with Gasteiger partial charge in [-0.3, -0.25) is 0 Å². The largest absolute Gasteiger partial charge is 0.454 e. The molecular weight excluding hydrogens is 508 g/mol. The van der Waals surface area contributed by atoms with Crippen molar-refractivity contribution in [1.82, 2.24) is 0 Å². The number of benzene rings is 6. The predicted molar refractivity (Wildman–Crippen MR) is 171 cm³/mol. The Hall–Kier alpha value is -5.06. The smallest absolute Gasteiger partial charge is 0.159 e. The second-order valence-electron chi connectivity index (χ2n) is 9.91. The molecule has 0 aliphatic carbocycles. The summed E-state index contributed by atoms with van der Waals surface area (Å²) in [5, 5.41) is 8.48. The van der Waals surface area contributed by atoms with Crippen molar-refractivity contribution >= 4 is 81.9 Å². The number of hydrogen-bond acceptors (Lipinski definition) is 4. The van der Waals surface area contributed by atoms with Gasteiger partial charge in [-0.25, -0.2) is 0 Å². The van der Waals surface area contributed by atoms with Crippen LogP contribution in [0, 0.1) is 0 Å². The zero-order chi connectivity index (χ0) is 26.5. The van der Waals surface area contributed by atoms with Gasteiger partial charge in [0.05, 0.1) is 5.69 Å². The molecule has 8 rings (SSSR count). The molecule has 0 aliphatic heterocycles. The Labute approximate surface area is 235 Å². The number of fused-ring (bicyclic) bond motifs is 6. The van der Waals surface area contributed by atoms with Gasteiger partial charge >= 0.3 is 0 Å². The topological polar surface area (TPSA) is 28.4 Å². The Balaban J connectivity index is 1.24. The normalized spacial score (nSPS) is 11.5. The molecular formula is C36H24N2OS. The van der Waals surface area contributed by atoms with Crippen LogP contribution in [0.25, 0.3) is 42.1 Å². The molecule has 0 fully saturated rings. The molecule has 3 nitrogen and oxygen atoms in total. The molecule has 2 heterocycles. The molecule has 0 saturated heterocycles. The molecule has 1 N–H and O–H groups in total. The first-order valence-corrected chi connectivity index (χ1v) is 14.2. The van der Waals surface area contributed by atoms with E-state index in [1.165, 1.54) is 20.2 Å². The van der Waals surface area contributed by atoms with Crippen molar-refractivity contribution in [3.8, 4) is 0 Å². The minimum absolute atomic E-state index is 0.876. The van der Waals surface area contributed by atoms with Crippen LogP contribution in [0.5, 0.6) is 0 Å². The summed E-state index contributed by atoms with van der Waals surface area (Å²) in [5.74, 6) is 0. The van der Waals surface area contributed by atoms with E-state index in [9.17, 15) is 0 Å². The zero-order valence-electron chi connectivity index (χ0n) is 21.5. The quantitative estimate of drug-likeness (QED) is 0.239. The standard InChI is InChI=1S/C36H24N2OS/c1-2-11-26(12-3-1)38(32-17-9-16-30-28-14-4-6-18-33(28)39-36(30)32)27-13-8-10-24(22-27)37-25-20-21-35-31(23-25)29-15-5-7-19-34(29)40-35/h1-23,37H. The van der Waals surface area contributed by atoms with Crippen molar-refractivity contribution in [3.63, 3.8) is 0 Å². The molecule has 190 valence electrons. The van der Waals surface area contributed by atoms with Gasteiger partial charge in [-0.1, -0.05) is 72.8 Å². The van der Waals surface area contributed by atoms with Crippen LogP contribution in [0.1, 0.15) is 0 Å². The van der Waals surface area contributed by atoms with Crippen LogP contribution in [0.3, 0.4) is 0 Å². The summed E-state index contributed by atoms with van der Waals surface area (Å²) < 4.78 is 9.06. The SMILES string of the molecule is c1ccc(N(c2cccc(Nc3ccc4sc5ccccc5c4c3)c2)c2cccc3c2oc2ccccc23)cc1. The van der Waals surface area contributed by atoms with E-state index in [0.717, 1.165) is 50.4 Å². The van der Waals surface area contributed by atoms with E-state index in [4.69, 9.17) is 4.42 Å². The third-order valence-corrected chi connectivity index (χ3v) is 8.56. The highest BCUT2D eigenvalue weighted by molar-refractivity contribution is 7.25. The highest BCUT2D eigenvalue weighted by atomic mass is 32.1. The molecule has 4 heteroatoms. The number of thiophene rings is 1. The first kappa shape index (κ1) is 22.9. The number of para-hydroxylation sites is 3. The number of furan rings is 1. The Morgan fingerprint density at radius 3 is 2.12 bits per heavy atom. The Morgan fingerprint density at radius 1 is 0.500 bits per heavy atom. The second-order valence-corrected chi connectivity index (χ2v) is 11.0. The molecule has 0 unspecified atom stereocenters. The van der Waals surface area contributed by atoms with Gasteiger partial charge in [0.25, 0.3) is 0 Å². The van der Waals surface area contributed by atoms with Crippen LogP contribution in [0.2, 0.25) is 0 Å². The van der Waals surface area contributed by atoms with E-state index < -0.39 is 0 Å². The zero-order valence-corrected chi connectivity index (χ0v) is 22.4. The van der Waals surface area contributed by atoms with Crippen LogP contribution in [-0.4, -0.2) is 0 Å². The van der Waals surface area contributed by atoms with E-state index in [2.05, 4.69) is 132 Å². The van der Waals surface area contributed by atoms with E-state index in [1.807, 2.05) is 29.5 Å². The predicted octanol–water partition coefficient (Wildman–Crippen LogP) is 11.2. The van der Waals surface area contributed by atoms with Crippen molar-refractivity contribution in [3.05, 3.63) is 140 Å². The maximum Gasteiger partial charge on any atom is 0.159 e. The van der Waals surface area contributed by atoms with Gasteiger partial charge in [0, 0.05) is 53.7 Å². The number of anilines is 5. The Kier molecular flexibility index (Phi) is 5.32. The maximum absolute atomic E-state index is 6.45. The van der Waals surface area contributed by atoms with Gasteiger partial charge in [0.2, 0.25) is 0 Å². The molecule has 0 atom stereocenters. The fraction of sp³-hybridized carbons (Fsp3) is 0. The van der Waals surface area contributed by atoms with Crippen LogP contribution in [0.15, 0.2) is 144 Å². The molecule has 0 saturated carbocycles. The molecule has 0 aliphatic rings. The van der Waals surface area contributed by atoms with Crippen LogP contribution in [0.4, 0.5) is 28.4 Å². The number of rotatable bonds is 5. The van der Waals surface area contributed by atoms with Crippen LogP contribution in [-0.2, 0) is 0 Å². The molecule has 6 aromatic carbocycles. The lowest BCUT2D eigenvalue weighted by molar-refractivity contribution is 0.669. The van der Waals surface area contributed by atoms with Gasteiger partial charge < -0.3 is 14.6 Å². The Bertz CT molecular complexity index is 2160. The maximum atomic E-state index is 6.45. The molecule has 40 heavy (non-hydrogen) atoms. The molecule has 8 aromatic rings. The van der Waals surface area contributed by atoms with E-state index in [1.54, 1.807) is 0 Å². The first-order chi connectivity index (χ1) is 19.8. The molecule has 0 spiro atoms. The van der Waals surface area contributed by atoms with E-state index in [-0.39, 0.29) is 0 Å². The van der Waals surface area contributed by atoms with E-state index in [0.29, 0.717) is 0 Å². The fourth-order valence-electron chi connectivity index (χ4n) is 5.61. The fourth-order valence-corrected chi connectivity index (χ4v) is 6.69. The minimum Gasteiger partial charge on any atom is -0.454 e. The summed E-state index contributed by atoms with van der Waals surface area (Å²) in [6.45, 7) is 0. The van der Waals surface area contributed by atoms with Gasteiger partial charge in [-0.05, 0) is 66.7 Å². The molecule has 0 bridgehead atoms. The van der Waals surface area contributed by atoms with Crippen molar-refractivity contribution < 1.29 is 4.42 Å². The first-order valence-electron chi connectivity index (χ1n) is 13.4. The summed E-state index contributed by atoms with van der Waals surface area (Å²) in [6.07, 6.45) is 0. The van der Waals surface area contributed by atoms with Crippen molar-refractivity contribution in [2.45, 2.75) is 0 Å². The molecule has 2 aromatic heterocycles. The van der Waals surface area contributed by atoms with Crippen LogP contribution >= 0.6 is 11.3 Å². The average molecular weight is 533 g/mol. The van der Waals surface area contributed by atoms with Crippen molar-refractivity contribution in [1.29, 1.82) is 0 Å². The monoisotopic (exact) mass is 532 g/mol. The van der Waals surface area contributed by atoms with Crippen LogP contribution < -0.4 is 10.2 Å². The van der Waals surface area contributed by atoms with Gasteiger partial charge in [0.15, 0.2) is 5.58 Å². The number of hydrogen-bond donors (Lipinski definition) is 1. The minimum atomic E-state index is 0.876. The lowest BCUT2D eigenvalue weighted by atomic mass is 10.1. The lowest BCUT2D eigenvalue weighted by Gasteiger charge is -2.26. The Morgan fingerprint density at radius 2 is 1.20 bits per heavy atom. The summed E-state index contributed by atoms with van der Waals surface area (Å²) in [4.78, 5) is 2.27. The van der Waals surface area contributed by atoms with Gasteiger partial charge in [-0.2, -0.15) is 0 Å². The third kappa shape index (κ3) is 3.81. The lowest BCUT2D eigenvalue weighted by Crippen LogP contribution is -2.10. The second kappa shape index (κ2) is 9.30. The highest BCUT2D eigenvalue weighted by Crippen LogP contribution is 2.43. The molecule has 0 radical (unpaired) electrons. The molecule has 0 amide bonds. The van der Waals surface area contributed by atoms with E-state index >= 15 is 0 Å². The summed E-state index contributed by atoms with van der Waals surface area (Å²) >= 11 is 1.84. The van der Waals surface area contributed by atoms with Crippen molar-refractivity contribution in [2.24, 2.45) is 0 Å². The summed E-state index contributed by atoms with van der Waals surface area (Å²) in [6, 6.07) is 48.9. The number of nitrogens with one attached hydrogen (secondary N) is 1. The van der Waals surface area contributed by atoms with Gasteiger partial charge in [-0.15, -0.1) is 11.3 Å². The average Bonchev–Trinajstić information content (AvgIpc) is 3.57. The summed E-state index contributed by atoms with van der Waals surface area (Å²) in [7, 11) is 0. The number of nitrogens with zero attached hydrogens (tertiary/aromatic N) is 1. The third-order valence-electron chi connectivity index (χ3n) is 7.41.